The highest BCUT2D eigenvalue weighted by Gasteiger charge is 2.36. The average Bonchev–Trinajstić information content (AvgIpc) is 3.10. The quantitative estimate of drug-likeness (QED) is 0.613. The SMILES string of the molecule is COCCNC(=O)[C@@H]1C[C@@H](NCc2ccc(F)cc2)CN1Cc1cccc(Cl)c1. The molecular weight excluding hydrogens is 393 g/mol. The highest BCUT2D eigenvalue weighted by molar-refractivity contribution is 6.30. The predicted molar refractivity (Wildman–Crippen MR) is 112 cm³/mol. The van der Waals surface area contributed by atoms with Crippen molar-refractivity contribution >= 4 is 17.5 Å². The van der Waals surface area contributed by atoms with Crippen LogP contribution in [0.1, 0.15) is 17.5 Å². The van der Waals surface area contributed by atoms with Crippen molar-refractivity contribution in [3.05, 3.63) is 70.5 Å². The van der Waals surface area contributed by atoms with Gasteiger partial charge >= 0.3 is 0 Å². The van der Waals surface area contributed by atoms with Crippen LogP contribution in [0.2, 0.25) is 5.02 Å². The van der Waals surface area contributed by atoms with Crippen LogP contribution in [-0.4, -0.2) is 49.7 Å². The monoisotopic (exact) mass is 419 g/mol. The first-order chi connectivity index (χ1) is 14.0. The van der Waals surface area contributed by atoms with Crippen LogP contribution in [0.25, 0.3) is 0 Å². The Morgan fingerprint density at radius 1 is 1.24 bits per heavy atom. The van der Waals surface area contributed by atoms with Crippen molar-refractivity contribution < 1.29 is 13.9 Å². The molecular formula is C22H27ClFN3O2. The Kier molecular flexibility index (Phi) is 8.00. The second kappa shape index (κ2) is 10.7. The van der Waals surface area contributed by atoms with Crippen molar-refractivity contribution in [2.24, 2.45) is 0 Å². The molecule has 1 fully saturated rings. The number of ether oxygens (including phenoxy) is 1. The second-order valence-corrected chi connectivity index (χ2v) is 7.74. The number of rotatable bonds is 9. The van der Waals surface area contributed by atoms with Crippen LogP contribution in [0.4, 0.5) is 4.39 Å². The number of hydrogen-bond donors (Lipinski definition) is 2. The van der Waals surface area contributed by atoms with Crippen molar-refractivity contribution in [1.29, 1.82) is 0 Å². The lowest BCUT2D eigenvalue weighted by molar-refractivity contribution is -0.125. The molecule has 2 N–H and O–H groups in total. The molecule has 0 radical (unpaired) electrons. The zero-order valence-electron chi connectivity index (χ0n) is 16.5. The summed E-state index contributed by atoms with van der Waals surface area (Å²) in [7, 11) is 1.61. The first kappa shape index (κ1) is 21.7. The Hall–Kier alpha value is -1.99. The minimum Gasteiger partial charge on any atom is -0.383 e. The molecule has 1 heterocycles. The van der Waals surface area contributed by atoms with Gasteiger partial charge in [-0.25, -0.2) is 4.39 Å². The third-order valence-corrected chi connectivity index (χ3v) is 5.33. The molecule has 1 aliphatic heterocycles. The number of halogens is 2. The zero-order chi connectivity index (χ0) is 20.6. The summed E-state index contributed by atoms with van der Waals surface area (Å²) < 4.78 is 18.1. The van der Waals surface area contributed by atoms with Gasteiger partial charge in [-0.1, -0.05) is 35.9 Å². The molecule has 2 aromatic carbocycles. The molecule has 1 aliphatic rings. The van der Waals surface area contributed by atoms with E-state index in [9.17, 15) is 9.18 Å². The van der Waals surface area contributed by atoms with Crippen LogP contribution in [0.15, 0.2) is 48.5 Å². The summed E-state index contributed by atoms with van der Waals surface area (Å²) in [4.78, 5) is 14.9. The molecule has 0 unspecified atom stereocenters. The van der Waals surface area contributed by atoms with Crippen LogP contribution in [-0.2, 0) is 22.6 Å². The van der Waals surface area contributed by atoms with E-state index in [1.807, 2.05) is 24.3 Å². The summed E-state index contributed by atoms with van der Waals surface area (Å²) in [6.45, 7) is 3.01. The fraction of sp³-hybridized carbons (Fsp3) is 0.409. The number of hydrogen-bond acceptors (Lipinski definition) is 4. The topological polar surface area (TPSA) is 53.6 Å². The second-order valence-electron chi connectivity index (χ2n) is 7.30. The molecule has 1 amide bonds. The van der Waals surface area contributed by atoms with Crippen LogP contribution >= 0.6 is 11.6 Å². The minimum absolute atomic E-state index is 0.00941. The van der Waals surface area contributed by atoms with Gasteiger partial charge in [0.05, 0.1) is 12.6 Å². The van der Waals surface area contributed by atoms with Gasteiger partial charge in [0.2, 0.25) is 5.91 Å². The molecule has 7 heteroatoms. The smallest absolute Gasteiger partial charge is 0.237 e. The molecule has 0 saturated carbocycles. The molecule has 1 saturated heterocycles. The average molecular weight is 420 g/mol. The van der Waals surface area contributed by atoms with E-state index in [4.69, 9.17) is 16.3 Å². The van der Waals surface area contributed by atoms with Gasteiger partial charge in [-0.15, -0.1) is 0 Å². The fourth-order valence-electron chi connectivity index (χ4n) is 3.63. The largest absolute Gasteiger partial charge is 0.383 e. The Balaban J connectivity index is 1.63. The Morgan fingerprint density at radius 3 is 2.76 bits per heavy atom. The summed E-state index contributed by atoms with van der Waals surface area (Å²) in [6.07, 6.45) is 0.709. The Bertz CT molecular complexity index is 803. The maximum atomic E-state index is 13.1. The van der Waals surface area contributed by atoms with E-state index < -0.39 is 0 Å². The fourth-order valence-corrected chi connectivity index (χ4v) is 3.84. The summed E-state index contributed by atoms with van der Waals surface area (Å²) in [5.41, 5.74) is 2.09. The van der Waals surface area contributed by atoms with Gasteiger partial charge in [-0.05, 0) is 41.8 Å². The molecule has 5 nitrogen and oxygen atoms in total. The van der Waals surface area contributed by atoms with E-state index in [0.29, 0.717) is 37.7 Å². The van der Waals surface area contributed by atoms with Crippen LogP contribution in [0, 0.1) is 5.82 Å². The van der Waals surface area contributed by atoms with Crippen LogP contribution in [0.3, 0.4) is 0 Å². The molecule has 0 spiro atoms. The first-order valence-corrected chi connectivity index (χ1v) is 10.2. The number of nitrogens with zero attached hydrogens (tertiary/aromatic N) is 1. The van der Waals surface area contributed by atoms with Crippen molar-refractivity contribution in [3.63, 3.8) is 0 Å². The van der Waals surface area contributed by atoms with E-state index in [0.717, 1.165) is 17.7 Å². The summed E-state index contributed by atoms with van der Waals surface area (Å²) in [5, 5.41) is 7.14. The van der Waals surface area contributed by atoms with Gasteiger partial charge in [0, 0.05) is 44.4 Å². The zero-order valence-corrected chi connectivity index (χ0v) is 17.3. The number of benzene rings is 2. The molecule has 0 aliphatic carbocycles. The minimum atomic E-state index is -0.241. The highest BCUT2D eigenvalue weighted by atomic mass is 35.5. The summed E-state index contributed by atoms with van der Waals surface area (Å²) in [6, 6.07) is 14.1. The number of likely N-dealkylation sites (tertiary alicyclic amines) is 1. The van der Waals surface area contributed by atoms with E-state index in [-0.39, 0.29) is 23.8 Å². The normalized spacial score (nSPS) is 19.4. The van der Waals surface area contributed by atoms with E-state index in [2.05, 4.69) is 15.5 Å². The van der Waals surface area contributed by atoms with Crippen LogP contribution in [0.5, 0.6) is 0 Å². The first-order valence-electron chi connectivity index (χ1n) is 9.78. The van der Waals surface area contributed by atoms with Crippen molar-refractivity contribution in [1.82, 2.24) is 15.5 Å². The lowest BCUT2D eigenvalue weighted by atomic mass is 10.1. The molecule has 0 bridgehead atoms. The van der Waals surface area contributed by atoms with Crippen molar-refractivity contribution in [3.8, 4) is 0 Å². The maximum Gasteiger partial charge on any atom is 0.237 e. The third kappa shape index (κ3) is 6.51. The van der Waals surface area contributed by atoms with Crippen molar-refractivity contribution in [2.45, 2.75) is 31.6 Å². The lowest BCUT2D eigenvalue weighted by Gasteiger charge is -2.23. The predicted octanol–water partition coefficient (Wildman–Crippen LogP) is 2.97. The standard InChI is InChI=1S/C22H27ClFN3O2/c1-29-10-9-25-22(28)21-12-20(26-13-16-5-7-19(24)8-6-16)15-27(21)14-17-3-2-4-18(23)11-17/h2-8,11,20-21,26H,9-10,12-15H2,1H3,(H,25,28)/t20-,21+/m1/s1. The number of nitrogens with one attached hydrogen (secondary N) is 2. The summed E-state index contributed by atoms with van der Waals surface area (Å²) in [5.74, 6) is -0.231. The number of methoxy groups -OCH3 is 1. The number of amides is 1. The Labute approximate surface area is 176 Å². The Morgan fingerprint density at radius 2 is 2.03 bits per heavy atom. The highest BCUT2D eigenvalue weighted by Crippen LogP contribution is 2.22. The van der Waals surface area contributed by atoms with Gasteiger partial charge in [-0.2, -0.15) is 0 Å². The van der Waals surface area contributed by atoms with Gasteiger partial charge in [0.25, 0.3) is 0 Å². The molecule has 3 rings (SSSR count). The van der Waals surface area contributed by atoms with Gasteiger partial charge < -0.3 is 15.4 Å². The third-order valence-electron chi connectivity index (χ3n) is 5.09. The van der Waals surface area contributed by atoms with Gasteiger partial charge in [0.1, 0.15) is 5.82 Å². The van der Waals surface area contributed by atoms with Gasteiger partial charge in [-0.3, -0.25) is 9.69 Å². The number of carbonyl (C=O) groups is 1. The van der Waals surface area contributed by atoms with Gasteiger partial charge in [0.15, 0.2) is 0 Å². The molecule has 2 atom stereocenters. The maximum absolute atomic E-state index is 13.1. The number of carbonyl (C=O) groups excluding carboxylic acids is 1. The van der Waals surface area contributed by atoms with Crippen LogP contribution < -0.4 is 10.6 Å². The van der Waals surface area contributed by atoms with E-state index in [1.165, 1.54) is 12.1 Å². The molecule has 156 valence electrons. The molecule has 29 heavy (non-hydrogen) atoms. The molecule has 0 aromatic heterocycles. The lowest BCUT2D eigenvalue weighted by Crippen LogP contribution is -2.43. The van der Waals surface area contributed by atoms with E-state index in [1.54, 1.807) is 19.2 Å². The van der Waals surface area contributed by atoms with Crippen molar-refractivity contribution in [2.75, 3.05) is 26.8 Å². The summed E-state index contributed by atoms with van der Waals surface area (Å²) >= 11 is 6.12. The molecule has 2 aromatic rings. The van der Waals surface area contributed by atoms with E-state index >= 15 is 0 Å².